The number of aryl methyl sites for hydroxylation is 1. The summed E-state index contributed by atoms with van der Waals surface area (Å²) in [6.45, 7) is 3.57. The molecule has 1 heterocycles. The Labute approximate surface area is 152 Å². The summed E-state index contributed by atoms with van der Waals surface area (Å²) in [5.41, 5.74) is 1.19. The highest BCUT2D eigenvalue weighted by Gasteiger charge is 2.11. The van der Waals surface area contributed by atoms with Crippen LogP contribution in [-0.2, 0) is 16.6 Å². The van der Waals surface area contributed by atoms with Crippen molar-refractivity contribution in [3.63, 3.8) is 0 Å². The molecule has 25 heavy (non-hydrogen) atoms. The van der Waals surface area contributed by atoms with Crippen molar-refractivity contribution in [2.24, 2.45) is 10.1 Å². The number of ether oxygens (including phenoxy) is 1. The molecule has 1 aromatic heterocycles. The number of hydrogen-bond donors (Lipinski definition) is 3. The molecule has 0 saturated heterocycles. The lowest BCUT2D eigenvalue weighted by Crippen LogP contribution is -2.38. The van der Waals surface area contributed by atoms with E-state index in [1.807, 2.05) is 31.2 Å². The van der Waals surface area contributed by atoms with E-state index in [9.17, 15) is 8.42 Å². The number of aliphatic imine (C=N–C) groups is 1. The van der Waals surface area contributed by atoms with Crippen LogP contribution in [0.5, 0.6) is 5.75 Å². The third-order valence-electron chi connectivity index (χ3n) is 3.26. The molecule has 0 aliphatic carbocycles. The minimum atomic E-state index is -3.64. The van der Waals surface area contributed by atoms with E-state index in [1.54, 1.807) is 13.1 Å². The molecule has 0 amide bonds. The maximum absolute atomic E-state index is 11.3. The van der Waals surface area contributed by atoms with Gasteiger partial charge in [0, 0.05) is 11.9 Å². The maximum Gasteiger partial charge on any atom is 0.247 e. The normalized spacial score (nSPS) is 12.0. The summed E-state index contributed by atoms with van der Waals surface area (Å²) in [6.07, 6.45) is 0. The molecule has 2 rings (SSSR count). The van der Waals surface area contributed by atoms with Gasteiger partial charge >= 0.3 is 0 Å². The first-order chi connectivity index (χ1) is 11.9. The number of benzene rings is 1. The number of nitrogens with zero attached hydrogens (tertiary/aromatic N) is 1. The van der Waals surface area contributed by atoms with Gasteiger partial charge in [0.15, 0.2) is 5.96 Å². The molecular weight excluding hydrogens is 360 g/mol. The SMILES string of the molecule is CN=C(NCCOc1ccc(C)cc1)NCc1ccc(S(N)(=O)=O)s1. The molecular formula is C16H22N4O3S2. The van der Waals surface area contributed by atoms with Gasteiger partial charge in [-0.3, -0.25) is 4.99 Å². The summed E-state index contributed by atoms with van der Waals surface area (Å²) in [6, 6.07) is 11.1. The minimum Gasteiger partial charge on any atom is -0.492 e. The first kappa shape index (κ1) is 19.2. The average Bonchev–Trinajstić information content (AvgIpc) is 3.05. The fourth-order valence-electron chi connectivity index (χ4n) is 1.97. The molecule has 2 aromatic rings. The molecule has 0 aliphatic heterocycles. The molecule has 0 aliphatic rings. The van der Waals surface area contributed by atoms with Crippen LogP contribution in [0.3, 0.4) is 0 Å². The first-order valence-electron chi connectivity index (χ1n) is 7.64. The van der Waals surface area contributed by atoms with E-state index in [0.717, 1.165) is 22.0 Å². The van der Waals surface area contributed by atoms with Crippen molar-refractivity contribution in [2.45, 2.75) is 17.7 Å². The van der Waals surface area contributed by atoms with E-state index in [0.29, 0.717) is 25.7 Å². The Morgan fingerprint density at radius 3 is 2.52 bits per heavy atom. The van der Waals surface area contributed by atoms with Crippen molar-refractivity contribution in [1.29, 1.82) is 0 Å². The van der Waals surface area contributed by atoms with Gasteiger partial charge in [0.25, 0.3) is 0 Å². The zero-order chi connectivity index (χ0) is 18.3. The van der Waals surface area contributed by atoms with Crippen molar-refractivity contribution in [2.75, 3.05) is 20.2 Å². The van der Waals surface area contributed by atoms with E-state index in [1.165, 1.54) is 11.6 Å². The first-order valence-corrected chi connectivity index (χ1v) is 10.0. The van der Waals surface area contributed by atoms with Gasteiger partial charge in [0.05, 0.1) is 13.1 Å². The predicted molar refractivity (Wildman–Crippen MR) is 101 cm³/mol. The summed E-state index contributed by atoms with van der Waals surface area (Å²) < 4.78 is 28.3. The highest BCUT2D eigenvalue weighted by atomic mass is 32.2. The fourth-order valence-corrected chi connectivity index (χ4v) is 3.69. The van der Waals surface area contributed by atoms with E-state index in [2.05, 4.69) is 15.6 Å². The Balaban J connectivity index is 1.73. The van der Waals surface area contributed by atoms with Crippen LogP contribution >= 0.6 is 11.3 Å². The molecule has 1 aromatic carbocycles. The number of hydrogen-bond acceptors (Lipinski definition) is 5. The Bertz CT molecular complexity index is 814. The van der Waals surface area contributed by atoms with Crippen molar-refractivity contribution in [3.8, 4) is 5.75 Å². The van der Waals surface area contributed by atoms with Gasteiger partial charge in [-0.15, -0.1) is 11.3 Å². The molecule has 136 valence electrons. The van der Waals surface area contributed by atoms with E-state index in [4.69, 9.17) is 9.88 Å². The molecule has 0 radical (unpaired) electrons. The van der Waals surface area contributed by atoms with Crippen LogP contribution < -0.4 is 20.5 Å². The molecule has 0 fully saturated rings. The molecule has 7 nitrogen and oxygen atoms in total. The lowest BCUT2D eigenvalue weighted by atomic mass is 10.2. The summed E-state index contributed by atoms with van der Waals surface area (Å²) >= 11 is 1.14. The smallest absolute Gasteiger partial charge is 0.247 e. The second-order valence-corrected chi connectivity index (χ2v) is 8.24. The number of nitrogens with two attached hydrogens (primary N) is 1. The maximum atomic E-state index is 11.3. The number of thiophene rings is 1. The molecule has 0 spiro atoms. The van der Waals surface area contributed by atoms with Gasteiger partial charge in [0.2, 0.25) is 10.0 Å². The predicted octanol–water partition coefficient (Wildman–Crippen LogP) is 1.45. The summed E-state index contributed by atoms with van der Waals surface area (Å²) in [5, 5.41) is 11.4. The van der Waals surface area contributed by atoms with Gasteiger partial charge in [-0.25, -0.2) is 13.6 Å². The van der Waals surface area contributed by atoms with Crippen LogP contribution in [0.2, 0.25) is 0 Å². The van der Waals surface area contributed by atoms with Crippen molar-refractivity contribution in [1.82, 2.24) is 10.6 Å². The third kappa shape index (κ3) is 6.37. The van der Waals surface area contributed by atoms with Gasteiger partial charge in [-0.2, -0.15) is 0 Å². The van der Waals surface area contributed by atoms with Crippen LogP contribution in [-0.4, -0.2) is 34.6 Å². The number of guanidine groups is 1. The van der Waals surface area contributed by atoms with E-state index >= 15 is 0 Å². The zero-order valence-corrected chi connectivity index (χ0v) is 15.8. The monoisotopic (exact) mass is 382 g/mol. The minimum absolute atomic E-state index is 0.152. The van der Waals surface area contributed by atoms with Gasteiger partial charge in [0.1, 0.15) is 16.6 Å². The van der Waals surface area contributed by atoms with E-state index < -0.39 is 10.0 Å². The number of sulfonamides is 1. The number of primary sulfonamides is 1. The van der Waals surface area contributed by atoms with Crippen LogP contribution in [0.4, 0.5) is 0 Å². The largest absolute Gasteiger partial charge is 0.492 e. The van der Waals surface area contributed by atoms with Crippen molar-refractivity contribution in [3.05, 3.63) is 46.8 Å². The van der Waals surface area contributed by atoms with Crippen molar-refractivity contribution >= 4 is 27.3 Å². The summed E-state index contributed by atoms with van der Waals surface area (Å²) in [4.78, 5) is 4.97. The second-order valence-electron chi connectivity index (χ2n) is 5.28. The van der Waals surface area contributed by atoms with Crippen molar-refractivity contribution < 1.29 is 13.2 Å². The molecule has 0 saturated carbocycles. The Kier molecular flexibility index (Phi) is 6.80. The highest BCUT2D eigenvalue weighted by Crippen LogP contribution is 2.19. The standard InChI is InChI=1S/C16H22N4O3S2/c1-12-3-5-13(6-4-12)23-10-9-19-16(18-2)20-11-14-7-8-15(24-14)25(17,21)22/h3-8H,9-11H2,1-2H3,(H2,17,21,22)(H2,18,19,20). The molecule has 0 bridgehead atoms. The average molecular weight is 383 g/mol. The van der Waals surface area contributed by atoms with Gasteiger partial charge in [-0.05, 0) is 31.2 Å². The highest BCUT2D eigenvalue weighted by molar-refractivity contribution is 7.91. The number of rotatable bonds is 7. The molecule has 9 heteroatoms. The lowest BCUT2D eigenvalue weighted by molar-refractivity contribution is 0.322. The van der Waals surface area contributed by atoms with Crippen LogP contribution in [0.15, 0.2) is 45.6 Å². The van der Waals surface area contributed by atoms with Crippen LogP contribution in [0, 0.1) is 6.92 Å². The molecule has 0 unspecified atom stereocenters. The zero-order valence-electron chi connectivity index (χ0n) is 14.2. The second kappa shape index (κ2) is 8.84. The third-order valence-corrected chi connectivity index (χ3v) is 5.78. The summed E-state index contributed by atoms with van der Waals surface area (Å²) in [7, 11) is -1.98. The van der Waals surface area contributed by atoms with E-state index in [-0.39, 0.29) is 4.21 Å². The Morgan fingerprint density at radius 2 is 1.92 bits per heavy atom. The Morgan fingerprint density at radius 1 is 1.20 bits per heavy atom. The van der Waals surface area contributed by atoms with Crippen LogP contribution in [0.1, 0.15) is 10.4 Å². The topological polar surface area (TPSA) is 106 Å². The van der Waals surface area contributed by atoms with Gasteiger partial charge < -0.3 is 15.4 Å². The fraction of sp³-hybridized carbons (Fsp3) is 0.312. The lowest BCUT2D eigenvalue weighted by Gasteiger charge is -2.12. The molecule has 0 atom stereocenters. The Hall–Kier alpha value is -2.10. The van der Waals surface area contributed by atoms with Gasteiger partial charge in [-0.1, -0.05) is 17.7 Å². The summed E-state index contributed by atoms with van der Waals surface area (Å²) in [5.74, 6) is 1.43. The molecule has 4 N–H and O–H groups in total. The number of nitrogens with one attached hydrogen (secondary N) is 2. The quantitative estimate of drug-likeness (QED) is 0.382. The van der Waals surface area contributed by atoms with Crippen LogP contribution in [0.25, 0.3) is 0 Å².